The standard InChI is InChI=1S/C18H19N3O3S2/c1-3-21-17(23)15(10-13-5-4-12(2)25-13)26-18(21)14(11-19)16(22)20-6-8-24-9-7-20/h4-5,10H,3,6-9H2,1-2H3/b15-10+,18-14-. The minimum Gasteiger partial charge on any atom is -0.378 e. The number of hydrogen-bond acceptors (Lipinski definition) is 6. The largest absolute Gasteiger partial charge is 0.378 e. The van der Waals surface area contributed by atoms with E-state index in [0.717, 1.165) is 9.75 Å². The first kappa shape index (κ1) is 18.6. The van der Waals surface area contributed by atoms with E-state index in [0.29, 0.717) is 42.0 Å². The zero-order valence-electron chi connectivity index (χ0n) is 14.7. The number of morpholine rings is 1. The summed E-state index contributed by atoms with van der Waals surface area (Å²) < 4.78 is 7.73. The van der Waals surface area contributed by atoms with Crippen LogP contribution >= 0.6 is 22.7 Å². The number of amides is 1. The first-order valence-corrected chi connectivity index (χ1v) is 9.97. The van der Waals surface area contributed by atoms with Gasteiger partial charge in [-0.15, -0.1) is 22.7 Å². The Labute approximate surface area is 158 Å². The lowest BCUT2D eigenvalue weighted by Gasteiger charge is -2.26. The van der Waals surface area contributed by atoms with Gasteiger partial charge in [0.05, 0.1) is 17.7 Å². The van der Waals surface area contributed by atoms with E-state index in [1.165, 1.54) is 15.9 Å². The molecular weight excluding hydrogens is 370 g/mol. The number of thiophene rings is 1. The van der Waals surface area contributed by atoms with E-state index in [-0.39, 0.29) is 17.0 Å². The molecule has 2 aromatic heterocycles. The summed E-state index contributed by atoms with van der Waals surface area (Å²) in [7, 11) is 0. The van der Waals surface area contributed by atoms with Gasteiger partial charge in [-0.1, -0.05) is 0 Å². The first-order chi connectivity index (χ1) is 12.5. The molecule has 26 heavy (non-hydrogen) atoms. The summed E-state index contributed by atoms with van der Waals surface area (Å²) in [6, 6.07) is 5.98. The lowest BCUT2D eigenvalue weighted by atomic mass is 10.2. The predicted molar refractivity (Wildman–Crippen MR) is 103 cm³/mol. The van der Waals surface area contributed by atoms with Crippen LogP contribution in [0.5, 0.6) is 0 Å². The van der Waals surface area contributed by atoms with Gasteiger partial charge in [-0.05, 0) is 32.1 Å². The molecule has 3 heterocycles. The normalized spacial score (nSPS) is 16.5. The minimum absolute atomic E-state index is 0.0258. The van der Waals surface area contributed by atoms with E-state index in [2.05, 4.69) is 0 Å². The first-order valence-electron chi connectivity index (χ1n) is 8.34. The topological polar surface area (TPSA) is 75.3 Å². The number of rotatable bonds is 3. The van der Waals surface area contributed by atoms with Gasteiger partial charge in [0.25, 0.3) is 11.5 Å². The van der Waals surface area contributed by atoms with Gasteiger partial charge in [0.1, 0.15) is 10.7 Å². The highest BCUT2D eigenvalue weighted by atomic mass is 32.1. The van der Waals surface area contributed by atoms with Crippen LogP contribution in [0.15, 0.2) is 16.9 Å². The van der Waals surface area contributed by atoms with Gasteiger partial charge in [-0.2, -0.15) is 5.26 Å². The lowest BCUT2D eigenvalue weighted by molar-refractivity contribution is -0.128. The Hall–Kier alpha value is -2.21. The minimum atomic E-state index is -0.335. The number of aryl methyl sites for hydroxylation is 1. The Kier molecular flexibility index (Phi) is 5.71. The van der Waals surface area contributed by atoms with E-state index in [4.69, 9.17) is 4.74 Å². The molecule has 3 rings (SSSR count). The van der Waals surface area contributed by atoms with Crippen LogP contribution < -0.4 is 14.8 Å². The van der Waals surface area contributed by atoms with Crippen molar-refractivity contribution in [3.8, 4) is 6.07 Å². The van der Waals surface area contributed by atoms with Crippen molar-refractivity contribution in [3.63, 3.8) is 0 Å². The van der Waals surface area contributed by atoms with Gasteiger partial charge in [-0.3, -0.25) is 14.2 Å². The summed E-state index contributed by atoms with van der Waals surface area (Å²) in [4.78, 5) is 29.3. The molecule has 8 heteroatoms. The summed E-state index contributed by atoms with van der Waals surface area (Å²) in [5, 5.41) is 9.61. The third-order valence-corrected chi connectivity index (χ3v) is 6.17. The van der Waals surface area contributed by atoms with Crippen LogP contribution in [0.4, 0.5) is 0 Å². The molecule has 1 saturated heterocycles. The van der Waals surface area contributed by atoms with Gasteiger partial charge in [0.2, 0.25) is 0 Å². The highest BCUT2D eigenvalue weighted by molar-refractivity contribution is 7.13. The second kappa shape index (κ2) is 7.99. The molecule has 0 radical (unpaired) electrons. The Morgan fingerprint density at radius 1 is 1.35 bits per heavy atom. The number of ether oxygens (including phenoxy) is 1. The molecule has 1 amide bonds. The van der Waals surface area contributed by atoms with Crippen molar-refractivity contribution in [2.45, 2.75) is 20.4 Å². The molecule has 1 aliphatic heterocycles. The van der Waals surface area contributed by atoms with Crippen molar-refractivity contribution in [1.29, 1.82) is 5.26 Å². The Morgan fingerprint density at radius 2 is 2.08 bits per heavy atom. The Bertz CT molecular complexity index is 1030. The number of carbonyl (C=O) groups excluding carboxylic acids is 1. The number of carbonyl (C=O) groups is 1. The molecule has 0 saturated carbocycles. The van der Waals surface area contributed by atoms with E-state index >= 15 is 0 Å². The van der Waals surface area contributed by atoms with Crippen LogP contribution in [0.2, 0.25) is 0 Å². The highest BCUT2D eigenvalue weighted by Gasteiger charge is 2.23. The zero-order chi connectivity index (χ0) is 18.7. The Balaban J connectivity index is 2.16. The average molecular weight is 390 g/mol. The van der Waals surface area contributed by atoms with E-state index < -0.39 is 0 Å². The van der Waals surface area contributed by atoms with E-state index in [9.17, 15) is 14.9 Å². The molecule has 0 atom stereocenters. The van der Waals surface area contributed by atoms with Crippen molar-refractivity contribution in [2.75, 3.05) is 26.3 Å². The number of hydrogen-bond donors (Lipinski definition) is 0. The molecule has 2 aromatic rings. The fourth-order valence-electron chi connectivity index (χ4n) is 2.76. The molecule has 1 fully saturated rings. The van der Waals surface area contributed by atoms with Crippen molar-refractivity contribution in [3.05, 3.63) is 41.4 Å². The molecular formula is C18H19N3O3S2. The Morgan fingerprint density at radius 3 is 2.65 bits per heavy atom. The summed E-state index contributed by atoms with van der Waals surface area (Å²) in [6.07, 6.45) is 1.83. The van der Waals surface area contributed by atoms with Gasteiger partial charge in [0, 0.05) is 29.4 Å². The predicted octanol–water partition coefficient (Wildman–Crippen LogP) is 0.661. The number of thiazole rings is 1. The van der Waals surface area contributed by atoms with E-state index in [1.807, 2.05) is 38.1 Å². The fourth-order valence-corrected chi connectivity index (χ4v) is 4.81. The zero-order valence-corrected chi connectivity index (χ0v) is 16.3. The van der Waals surface area contributed by atoms with Gasteiger partial charge in [0.15, 0.2) is 5.57 Å². The van der Waals surface area contributed by atoms with Crippen molar-refractivity contribution in [2.24, 2.45) is 0 Å². The summed E-state index contributed by atoms with van der Waals surface area (Å²) in [5.74, 6) is -0.335. The quantitative estimate of drug-likeness (QED) is 0.773. The van der Waals surface area contributed by atoms with Crippen LogP contribution in [0.1, 0.15) is 16.7 Å². The van der Waals surface area contributed by atoms with Gasteiger partial charge in [-0.25, -0.2) is 0 Å². The van der Waals surface area contributed by atoms with Crippen molar-refractivity contribution < 1.29 is 9.53 Å². The number of nitriles is 1. The smallest absolute Gasteiger partial charge is 0.269 e. The van der Waals surface area contributed by atoms with Crippen LogP contribution in [0, 0.1) is 18.3 Å². The van der Waals surface area contributed by atoms with Crippen molar-refractivity contribution in [1.82, 2.24) is 9.47 Å². The van der Waals surface area contributed by atoms with Gasteiger partial charge >= 0.3 is 0 Å². The highest BCUT2D eigenvalue weighted by Crippen LogP contribution is 2.15. The molecule has 6 nitrogen and oxygen atoms in total. The maximum atomic E-state index is 12.8. The van der Waals surface area contributed by atoms with E-state index in [1.54, 1.807) is 16.2 Å². The third kappa shape index (κ3) is 3.65. The number of nitrogens with zero attached hydrogens (tertiary/aromatic N) is 3. The maximum absolute atomic E-state index is 12.8. The third-order valence-electron chi connectivity index (χ3n) is 4.10. The lowest BCUT2D eigenvalue weighted by Crippen LogP contribution is -2.42. The van der Waals surface area contributed by atoms with Crippen LogP contribution in [0.25, 0.3) is 11.6 Å². The van der Waals surface area contributed by atoms with Crippen LogP contribution in [0.3, 0.4) is 0 Å². The second-order valence-electron chi connectivity index (χ2n) is 5.81. The molecule has 0 aliphatic carbocycles. The van der Waals surface area contributed by atoms with Crippen LogP contribution in [-0.2, 0) is 16.1 Å². The fraction of sp³-hybridized carbons (Fsp3) is 0.389. The molecule has 0 aromatic carbocycles. The summed E-state index contributed by atoms with van der Waals surface area (Å²) in [6.45, 7) is 6.10. The maximum Gasteiger partial charge on any atom is 0.269 e. The van der Waals surface area contributed by atoms with Gasteiger partial charge < -0.3 is 9.64 Å². The monoisotopic (exact) mass is 389 g/mol. The molecule has 136 valence electrons. The summed E-state index contributed by atoms with van der Waals surface area (Å²) >= 11 is 2.80. The molecule has 1 aliphatic rings. The summed E-state index contributed by atoms with van der Waals surface area (Å²) in [5.41, 5.74) is -0.140. The molecule has 0 unspecified atom stereocenters. The second-order valence-corrected chi connectivity index (χ2v) is 8.16. The molecule has 0 N–H and O–H groups in total. The SMILES string of the molecule is CCn1c(=O)/c(=C\c2ccc(C)s2)s/c1=C(/C#N)C(=O)N1CCOCC1. The van der Waals surface area contributed by atoms with Crippen molar-refractivity contribution >= 4 is 40.2 Å². The average Bonchev–Trinajstić information content (AvgIpc) is 3.20. The number of aromatic nitrogens is 1. The molecule has 0 spiro atoms. The molecule has 0 bridgehead atoms. The van der Waals surface area contributed by atoms with Crippen LogP contribution in [-0.4, -0.2) is 41.7 Å².